The van der Waals surface area contributed by atoms with Crippen LogP contribution in [0.5, 0.6) is 0 Å². The second-order valence-corrected chi connectivity index (χ2v) is 5.18. The lowest BCUT2D eigenvalue weighted by atomic mass is 10.1. The number of benzene rings is 1. The molecule has 4 heteroatoms. The molecule has 0 saturated carbocycles. The van der Waals surface area contributed by atoms with E-state index in [1.54, 1.807) is 0 Å². The first-order valence-corrected chi connectivity index (χ1v) is 6.42. The molecule has 1 aromatic rings. The highest BCUT2D eigenvalue weighted by Gasteiger charge is 2.20. The molecule has 4 nitrogen and oxygen atoms in total. The molecular weight excluding hydrogens is 224 g/mol. The third-order valence-corrected chi connectivity index (χ3v) is 3.71. The zero-order valence-corrected chi connectivity index (χ0v) is 11.2. The van der Waals surface area contributed by atoms with Gasteiger partial charge in [0.25, 0.3) is 0 Å². The Morgan fingerprint density at radius 3 is 2.56 bits per heavy atom. The zero-order chi connectivity index (χ0) is 13.1. The highest BCUT2D eigenvalue weighted by molar-refractivity contribution is 5.94. The third kappa shape index (κ3) is 3.09. The Bertz CT molecular complexity index is 412. The van der Waals surface area contributed by atoms with Crippen LogP contribution in [0.25, 0.3) is 0 Å². The smallest absolute Gasteiger partial charge is 0.122 e. The Hall–Kier alpha value is -1.39. The van der Waals surface area contributed by atoms with E-state index in [-0.39, 0.29) is 5.84 Å². The van der Waals surface area contributed by atoms with Crippen LogP contribution in [0, 0.1) is 5.41 Å². The monoisotopic (exact) mass is 246 g/mol. The van der Waals surface area contributed by atoms with Crippen LogP contribution in [0.1, 0.15) is 18.1 Å². The molecule has 1 heterocycles. The molecule has 1 aliphatic rings. The maximum atomic E-state index is 7.37. The fourth-order valence-electron chi connectivity index (χ4n) is 2.32. The van der Waals surface area contributed by atoms with Gasteiger partial charge in [0, 0.05) is 37.8 Å². The van der Waals surface area contributed by atoms with E-state index in [1.807, 2.05) is 12.1 Å². The first-order valence-electron chi connectivity index (χ1n) is 6.42. The topological polar surface area (TPSA) is 56.4 Å². The number of likely N-dealkylation sites (N-methyl/N-ethyl adjacent to an activating group) is 1. The largest absolute Gasteiger partial charge is 0.384 e. The minimum Gasteiger partial charge on any atom is -0.384 e. The molecule has 1 saturated heterocycles. The molecule has 1 aliphatic heterocycles. The summed E-state index contributed by atoms with van der Waals surface area (Å²) in [7, 11) is 2.18. The van der Waals surface area contributed by atoms with E-state index < -0.39 is 0 Å². The molecule has 1 atom stereocenters. The SMILES string of the molecule is CC1CN(Cc2ccc(C(=N)N)cc2)CCN1C. The molecule has 0 aliphatic carbocycles. The maximum absolute atomic E-state index is 7.37. The summed E-state index contributed by atoms with van der Waals surface area (Å²) in [6, 6.07) is 8.61. The lowest BCUT2D eigenvalue weighted by Gasteiger charge is -2.37. The number of hydrogen-bond acceptors (Lipinski definition) is 3. The molecule has 98 valence electrons. The quantitative estimate of drug-likeness (QED) is 0.620. The molecule has 0 amide bonds. The summed E-state index contributed by atoms with van der Waals surface area (Å²) >= 11 is 0. The standard InChI is InChI=1S/C14H22N4/c1-11-9-18(8-7-17(11)2)10-12-3-5-13(6-4-12)14(15)16/h3-6,11H,7-10H2,1-2H3,(H3,15,16). The molecule has 1 fully saturated rings. The van der Waals surface area contributed by atoms with Gasteiger partial charge in [-0.15, -0.1) is 0 Å². The molecular formula is C14H22N4. The lowest BCUT2D eigenvalue weighted by Crippen LogP contribution is -2.49. The number of hydrogen-bond donors (Lipinski definition) is 2. The van der Waals surface area contributed by atoms with Crippen molar-refractivity contribution in [2.75, 3.05) is 26.7 Å². The van der Waals surface area contributed by atoms with Crippen LogP contribution in [0.4, 0.5) is 0 Å². The highest BCUT2D eigenvalue weighted by atomic mass is 15.3. The van der Waals surface area contributed by atoms with E-state index in [4.69, 9.17) is 11.1 Å². The van der Waals surface area contributed by atoms with Crippen molar-refractivity contribution in [2.24, 2.45) is 5.73 Å². The van der Waals surface area contributed by atoms with Crippen LogP contribution in [0.3, 0.4) is 0 Å². The van der Waals surface area contributed by atoms with E-state index in [1.165, 1.54) is 5.56 Å². The number of amidine groups is 1. The van der Waals surface area contributed by atoms with E-state index in [0.29, 0.717) is 6.04 Å². The number of nitrogen functional groups attached to an aromatic ring is 1. The van der Waals surface area contributed by atoms with Crippen LogP contribution >= 0.6 is 0 Å². The highest BCUT2D eigenvalue weighted by Crippen LogP contribution is 2.12. The van der Waals surface area contributed by atoms with Crippen molar-refractivity contribution in [3.63, 3.8) is 0 Å². The van der Waals surface area contributed by atoms with E-state index in [0.717, 1.165) is 31.7 Å². The van der Waals surface area contributed by atoms with Gasteiger partial charge >= 0.3 is 0 Å². The Labute approximate surface area is 109 Å². The van der Waals surface area contributed by atoms with Gasteiger partial charge in [0.05, 0.1) is 0 Å². The average Bonchev–Trinajstić information content (AvgIpc) is 2.34. The van der Waals surface area contributed by atoms with Gasteiger partial charge in [-0.2, -0.15) is 0 Å². The first-order chi connectivity index (χ1) is 8.56. The summed E-state index contributed by atoms with van der Waals surface area (Å²) in [5.74, 6) is 0.134. The van der Waals surface area contributed by atoms with Crippen molar-refractivity contribution in [3.05, 3.63) is 35.4 Å². The van der Waals surface area contributed by atoms with Gasteiger partial charge in [-0.3, -0.25) is 10.3 Å². The van der Waals surface area contributed by atoms with Crippen LogP contribution in [0.2, 0.25) is 0 Å². The second kappa shape index (κ2) is 5.50. The Morgan fingerprint density at radius 2 is 2.00 bits per heavy atom. The predicted octanol–water partition coefficient (Wildman–Crippen LogP) is 1.11. The second-order valence-electron chi connectivity index (χ2n) is 5.18. The number of nitrogens with one attached hydrogen (secondary N) is 1. The number of piperazine rings is 1. The van der Waals surface area contributed by atoms with Gasteiger partial charge in [0.15, 0.2) is 0 Å². The first kappa shape index (κ1) is 13.1. The lowest BCUT2D eigenvalue weighted by molar-refractivity contribution is 0.1000. The molecule has 0 spiro atoms. The fourth-order valence-corrected chi connectivity index (χ4v) is 2.32. The number of rotatable bonds is 3. The van der Waals surface area contributed by atoms with E-state index >= 15 is 0 Å². The third-order valence-electron chi connectivity index (χ3n) is 3.71. The van der Waals surface area contributed by atoms with Crippen LogP contribution in [-0.2, 0) is 6.54 Å². The summed E-state index contributed by atoms with van der Waals surface area (Å²) in [6.45, 7) is 6.62. The summed E-state index contributed by atoms with van der Waals surface area (Å²) in [4.78, 5) is 4.88. The number of nitrogens with two attached hydrogens (primary N) is 1. The normalized spacial score (nSPS) is 22.0. The van der Waals surface area contributed by atoms with Gasteiger partial charge < -0.3 is 10.6 Å². The van der Waals surface area contributed by atoms with Gasteiger partial charge in [0.1, 0.15) is 5.84 Å². The van der Waals surface area contributed by atoms with E-state index in [2.05, 4.69) is 35.9 Å². The Balaban J connectivity index is 1.95. The van der Waals surface area contributed by atoms with Crippen molar-refractivity contribution >= 4 is 5.84 Å². The van der Waals surface area contributed by atoms with Crippen molar-refractivity contribution in [2.45, 2.75) is 19.5 Å². The van der Waals surface area contributed by atoms with Crippen molar-refractivity contribution in [3.8, 4) is 0 Å². The molecule has 1 unspecified atom stereocenters. The summed E-state index contributed by atoms with van der Waals surface area (Å²) < 4.78 is 0. The minimum absolute atomic E-state index is 0.134. The summed E-state index contributed by atoms with van der Waals surface area (Å²) in [5, 5.41) is 7.37. The molecule has 3 N–H and O–H groups in total. The molecule has 0 bridgehead atoms. The van der Waals surface area contributed by atoms with Crippen LogP contribution < -0.4 is 5.73 Å². The Morgan fingerprint density at radius 1 is 1.33 bits per heavy atom. The fraction of sp³-hybridized carbons (Fsp3) is 0.500. The van der Waals surface area contributed by atoms with Gasteiger partial charge in [-0.1, -0.05) is 24.3 Å². The van der Waals surface area contributed by atoms with Gasteiger partial charge in [-0.05, 0) is 19.5 Å². The molecule has 1 aromatic carbocycles. The number of nitrogens with zero attached hydrogens (tertiary/aromatic N) is 2. The molecule has 2 rings (SSSR count). The summed E-state index contributed by atoms with van der Waals surface area (Å²) in [5.41, 5.74) is 7.53. The Kier molecular flexibility index (Phi) is 3.99. The van der Waals surface area contributed by atoms with Gasteiger partial charge in [0.2, 0.25) is 0 Å². The zero-order valence-electron chi connectivity index (χ0n) is 11.2. The summed E-state index contributed by atoms with van der Waals surface area (Å²) in [6.07, 6.45) is 0. The van der Waals surface area contributed by atoms with Crippen molar-refractivity contribution < 1.29 is 0 Å². The van der Waals surface area contributed by atoms with E-state index in [9.17, 15) is 0 Å². The van der Waals surface area contributed by atoms with Gasteiger partial charge in [-0.25, -0.2) is 0 Å². The molecule has 0 radical (unpaired) electrons. The minimum atomic E-state index is 0.134. The van der Waals surface area contributed by atoms with Crippen molar-refractivity contribution in [1.82, 2.24) is 9.80 Å². The van der Waals surface area contributed by atoms with Crippen LogP contribution in [0.15, 0.2) is 24.3 Å². The average molecular weight is 246 g/mol. The molecule has 18 heavy (non-hydrogen) atoms. The predicted molar refractivity (Wildman–Crippen MR) is 74.8 cm³/mol. The van der Waals surface area contributed by atoms with Crippen molar-refractivity contribution in [1.29, 1.82) is 5.41 Å². The maximum Gasteiger partial charge on any atom is 0.122 e. The molecule has 0 aromatic heterocycles. The van der Waals surface area contributed by atoms with Crippen LogP contribution in [-0.4, -0.2) is 48.4 Å².